The van der Waals surface area contributed by atoms with Gasteiger partial charge in [-0.1, -0.05) is 24.4 Å². The van der Waals surface area contributed by atoms with Gasteiger partial charge in [-0.25, -0.2) is 4.98 Å². The fourth-order valence-corrected chi connectivity index (χ4v) is 3.03. The van der Waals surface area contributed by atoms with E-state index in [0.29, 0.717) is 11.0 Å². The van der Waals surface area contributed by atoms with E-state index >= 15 is 0 Å². The number of hydrogen-bond donors (Lipinski definition) is 1. The van der Waals surface area contributed by atoms with Crippen LogP contribution in [0.15, 0.2) is 38.4 Å². The van der Waals surface area contributed by atoms with Crippen molar-refractivity contribution in [1.82, 2.24) is 9.97 Å². The summed E-state index contributed by atoms with van der Waals surface area (Å²) in [7, 11) is 0. The lowest BCUT2D eigenvalue weighted by atomic mass is 10.1. The zero-order chi connectivity index (χ0) is 17.6. The number of hydrogen-bond acceptors (Lipinski definition) is 5. The van der Waals surface area contributed by atoms with Crippen molar-refractivity contribution in [2.45, 2.75) is 45.6 Å². The lowest BCUT2D eigenvalue weighted by Crippen LogP contribution is -2.24. The Morgan fingerprint density at radius 1 is 1.04 bits per heavy atom. The van der Waals surface area contributed by atoms with Crippen molar-refractivity contribution >= 4 is 40.0 Å². The molecule has 1 N–H and O–H groups in total. The largest absolute Gasteiger partial charge is 0.321 e. The van der Waals surface area contributed by atoms with Crippen LogP contribution in [0.25, 0.3) is 11.0 Å². The van der Waals surface area contributed by atoms with E-state index in [1.807, 2.05) is 32.0 Å². The number of halogens is 1. The van der Waals surface area contributed by atoms with Gasteiger partial charge in [-0.3, -0.25) is 9.98 Å². The fraction of sp³-hybridized carbons (Fsp3) is 0.500. The molecule has 0 unspecified atom stereocenters. The summed E-state index contributed by atoms with van der Waals surface area (Å²) in [5.74, 6) is 0.465. The summed E-state index contributed by atoms with van der Waals surface area (Å²) in [5.41, 5.74) is 3.56. The molecule has 0 saturated carbocycles. The van der Waals surface area contributed by atoms with Crippen LogP contribution in [0.4, 0.5) is 5.95 Å². The number of aromatic nitrogens is 2. The summed E-state index contributed by atoms with van der Waals surface area (Å²) in [6.45, 7) is 5.68. The molecule has 0 amide bonds. The van der Waals surface area contributed by atoms with E-state index in [2.05, 4.69) is 30.2 Å². The van der Waals surface area contributed by atoms with Crippen LogP contribution in [0.1, 0.15) is 39.5 Å². The van der Waals surface area contributed by atoms with Gasteiger partial charge in [0.1, 0.15) is 6.04 Å². The Labute approximate surface area is 152 Å². The van der Waals surface area contributed by atoms with E-state index in [1.54, 1.807) is 0 Å². The van der Waals surface area contributed by atoms with Crippen molar-refractivity contribution in [2.75, 3.05) is 13.1 Å². The van der Waals surface area contributed by atoms with E-state index in [4.69, 9.17) is 11.6 Å². The summed E-state index contributed by atoms with van der Waals surface area (Å²) in [6, 6.07) is 5.27. The zero-order valence-corrected chi connectivity index (χ0v) is 15.4. The smallest absolute Gasteiger partial charge is 0.247 e. The molecule has 6 nitrogen and oxygen atoms in total. The summed E-state index contributed by atoms with van der Waals surface area (Å²) in [5, 5.41) is 9.44. The number of azo groups is 1. The lowest BCUT2D eigenvalue weighted by Gasteiger charge is -2.10. The molecule has 2 aromatic rings. The fourth-order valence-electron chi connectivity index (χ4n) is 2.86. The minimum atomic E-state index is -0.227. The van der Waals surface area contributed by atoms with Gasteiger partial charge in [0, 0.05) is 29.5 Å². The summed E-state index contributed by atoms with van der Waals surface area (Å²) < 4.78 is 0. The van der Waals surface area contributed by atoms with E-state index in [1.165, 1.54) is 12.8 Å². The van der Waals surface area contributed by atoms with E-state index in [9.17, 15) is 0 Å². The Morgan fingerprint density at radius 2 is 1.72 bits per heavy atom. The van der Waals surface area contributed by atoms with Crippen molar-refractivity contribution < 1.29 is 0 Å². The van der Waals surface area contributed by atoms with Gasteiger partial charge in [0.05, 0.1) is 11.0 Å². The van der Waals surface area contributed by atoms with E-state index < -0.39 is 0 Å². The third kappa shape index (κ3) is 4.72. The third-order valence-electron chi connectivity index (χ3n) is 4.28. The summed E-state index contributed by atoms with van der Waals surface area (Å²) >= 11 is 6.01. The Hall–Kier alpha value is -2.08. The molecule has 0 radical (unpaired) electrons. The lowest BCUT2D eigenvalue weighted by molar-refractivity contribution is 0.655. The normalized spacial score (nSPS) is 20.4. The first kappa shape index (κ1) is 17.7. The average molecular weight is 359 g/mol. The first-order valence-corrected chi connectivity index (χ1v) is 9.09. The summed E-state index contributed by atoms with van der Waals surface area (Å²) in [6.07, 6.45) is 4.65. The highest BCUT2D eigenvalue weighted by molar-refractivity contribution is 6.31. The number of aromatic amines is 1. The van der Waals surface area contributed by atoms with Gasteiger partial charge in [0.15, 0.2) is 0 Å². The van der Waals surface area contributed by atoms with Crippen molar-refractivity contribution in [2.24, 2.45) is 20.2 Å². The monoisotopic (exact) mass is 358 g/mol. The zero-order valence-electron chi connectivity index (χ0n) is 14.7. The Balaban J connectivity index is 1.85. The van der Waals surface area contributed by atoms with Crippen molar-refractivity contribution in [3.63, 3.8) is 0 Å². The number of benzene rings is 1. The Kier molecular flexibility index (Phi) is 5.91. The number of nitrogens with one attached hydrogen (secondary N) is 1. The van der Waals surface area contributed by atoms with Gasteiger partial charge in [-0.05, 0) is 44.9 Å². The van der Waals surface area contributed by atoms with Gasteiger partial charge in [0.25, 0.3) is 0 Å². The van der Waals surface area contributed by atoms with Gasteiger partial charge >= 0.3 is 0 Å². The number of H-pyrrole nitrogens is 1. The molecular formula is C18H23ClN6. The Bertz CT molecular complexity index is 796. The van der Waals surface area contributed by atoms with Gasteiger partial charge < -0.3 is 4.98 Å². The number of nitrogens with zero attached hydrogens (tertiary/aromatic N) is 5. The third-order valence-corrected chi connectivity index (χ3v) is 4.51. The van der Waals surface area contributed by atoms with Crippen LogP contribution in [0.5, 0.6) is 0 Å². The SMILES string of the molecule is CC1=NCCCCCCN=C(C)C1N=Nc1nc2ccc(Cl)cc2[nH]1. The molecule has 0 fully saturated rings. The van der Waals surface area contributed by atoms with Crippen LogP contribution in [-0.4, -0.2) is 40.5 Å². The second kappa shape index (κ2) is 8.34. The van der Waals surface area contributed by atoms with Crippen molar-refractivity contribution in [1.29, 1.82) is 0 Å². The van der Waals surface area contributed by atoms with Crippen LogP contribution in [0, 0.1) is 0 Å². The Morgan fingerprint density at radius 3 is 2.40 bits per heavy atom. The molecule has 132 valence electrons. The topological polar surface area (TPSA) is 78.1 Å². The molecule has 2 heterocycles. The van der Waals surface area contributed by atoms with Crippen LogP contribution >= 0.6 is 11.6 Å². The molecule has 3 rings (SSSR count). The highest BCUT2D eigenvalue weighted by Crippen LogP contribution is 2.21. The molecule has 0 aliphatic carbocycles. The van der Waals surface area contributed by atoms with Crippen molar-refractivity contribution in [3.05, 3.63) is 23.2 Å². The van der Waals surface area contributed by atoms with Crippen LogP contribution in [0.2, 0.25) is 5.02 Å². The second-order valence-corrected chi connectivity index (χ2v) is 6.74. The average Bonchev–Trinajstić information content (AvgIpc) is 2.97. The minimum absolute atomic E-state index is 0.227. The maximum Gasteiger partial charge on any atom is 0.247 e. The molecule has 0 bridgehead atoms. The first-order valence-electron chi connectivity index (χ1n) is 8.71. The van der Waals surface area contributed by atoms with Crippen LogP contribution < -0.4 is 0 Å². The minimum Gasteiger partial charge on any atom is -0.321 e. The molecule has 1 aromatic carbocycles. The predicted octanol–water partition coefficient (Wildman–Crippen LogP) is 5.16. The molecule has 1 aliphatic rings. The quantitative estimate of drug-likeness (QED) is 0.739. The van der Waals surface area contributed by atoms with E-state index in [-0.39, 0.29) is 6.04 Å². The highest BCUT2D eigenvalue weighted by Gasteiger charge is 2.16. The van der Waals surface area contributed by atoms with Gasteiger partial charge in [-0.15, -0.1) is 5.11 Å². The number of fused-ring (bicyclic) bond motifs is 1. The molecule has 0 saturated heterocycles. The van der Waals surface area contributed by atoms with Crippen molar-refractivity contribution in [3.8, 4) is 0 Å². The molecule has 0 spiro atoms. The molecule has 25 heavy (non-hydrogen) atoms. The second-order valence-electron chi connectivity index (χ2n) is 6.30. The van der Waals surface area contributed by atoms with Crippen LogP contribution in [-0.2, 0) is 0 Å². The molecule has 1 aliphatic heterocycles. The predicted molar refractivity (Wildman–Crippen MR) is 104 cm³/mol. The summed E-state index contributed by atoms with van der Waals surface area (Å²) in [4.78, 5) is 16.9. The number of aliphatic imine (C=N–C) groups is 2. The number of rotatable bonds is 2. The first-order chi connectivity index (χ1) is 12.1. The van der Waals surface area contributed by atoms with Gasteiger partial charge in [0.2, 0.25) is 5.95 Å². The maximum absolute atomic E-state index is 6.01. The molecule has 1 aromatic heterocycles. The standard InChI is InChI=1S/C18H23ClN6/c1-12-17(13(2)21-10-6-4-3-5-9-20-12)24-25-18-22-15-8-7-14(19)11-16(15)23-18/h7-8,11,17H,3-6,9-10H2,1-2H3,(H,22,23). The maximum atomic E-state index is 6.01. The molecule has 0 atom stereocenters. The van der Waals surface area contributed by atoms with Crippen LogP contribution in [0.3, 0.4) is 0 Å². The van der Waals surface area contributed by atoms with E-state index in [0.717, 1.165) is 48.4 Å². The number of imidazole rings is 1. The molecular weight excluding hydrogens is 336 g/mol. The van der Waals surface area contributed by atoms with Gasteiger partial charge in [-0.2, -0.15) is 5.11 Å². The highest BCUT2D eigenvalue weighted by atomic mass is 35.5. The molecule has 7 heteroatoms.